The molecule has 3 heterocycles. The fourth-order valence-corrected chi connectivity index (χ4v) is 5.97. The lowest BCUT2D eigenvalue weighted by atomic mass is 10.1. The van der Waals surface area contributed by atoms with Crippen LogP contribution in [0.2, 0.25) is 0 Å². The van der Waals surface area contributed by atoms with Gasteiger partial charge in [-0.25, -0.2) is 0 Å². The number of aromatic nitrogens is 1. The zero-order chi connectivity index (χ0) is 26.5. The van der Waals surface area contributed by atoms with Gasteiger partial charge in [0.05, 0.1) is 11.3 Å². The van der Waals surface area contributed by atoms with Crippen LogP contribution in [0.15, 0.2) is 54.6 Å². The van der Waals surface area contributed by atoms with Crippen molar-refractivity contribution in [2.45, 2.75) is 46.5 Å². The van der Waals surface area contributed by atoms with Gasteiger partial charge in [0.2, 0.25) is 0 Å². The number of carbonyl (C=O) groups excluding carboxylic acids is 1. The first-order chi connectivity index (χ1) is 18.5. The second kappa shape index (κ2) is 12.1. The molecular formula is C32H43N5O. The molecule has 0 bridgehead atoms. The summed E-state index contributed by atoms with van der Waals surface area (Å²) in [4.78, 5) is 18.3. The molecule has 2 aromatic carbocycles. The summed E-state index contributed by atoms with van der Waals surface area (Å²) in [5.74, 6) is 0.0372. The molecule has 2 aliphatic rings. The van der Waals surface area contributed by atoms with Crippen LogP contribution in [0.3, 0.4) is 0 Å². The van der Waals surface area contributed by atoms with Gasteiger partial charge in [-0.15, -0.1) is 0 Å². The van der Waals surface area contributed by atoms with E-state index in [-0.39, 0.29) is 5.91 Å². The highest BCUT2D eigenvalue weighted by Gasteiger charge is 2.23. The molecule has 0 radical (unpaired) electrons. The van der Waals surface area contributed by atoms with Crippen LogP contribution in [0, 0.1) is 20.8 Å². The molecule has 3 aromatic rings. The summed E-state index contributed by atoms with van der Waals surface area (Å²) in [6.45, 7) is 14.5. The first-order valence-corrected chi connectivity index (χ1v) is 14.4. The number of aryl methyl sites for hydroxylation is 1. The molecule has 1 amide bonds. The number of anilines is 1. The van der Waals surface area contributed by atoms with Crippen molar-refractivity contribution in [2.24, 2.45) is 0 Å². The van der Waals surface area contributed by atoms with Crippen molar-refractivity contribution in [3.8, 4) is 11.3 Å². The predicted octanol–water partition coefficient (Wildman–Crippen LogP) is 5.14. The third-order valence-electron chi connectivity index (χ3n) is 8.37. The molecule has 0 spiro atoms. The number of nitrogens with zero attached hydrogens (tertiary/aromatic N) is 4. The predicted molar refractivity (Wildman–Crippen MR) is 158 cm³/mol. The van der Waals surface area contributed by atoms with Crippen LogP contribution in [0.1, 0.15) is 52.9 Å². The van der Waals surface area contributed by atoms with E-state index < -0.39 is 0 Å². The first kappa shape index (κ1) is 26.4. The Bertz CT molecular complexity index is 1220. The van der Waals surface area contributed by atoms with Crippen LogP contribution in [0.5, 0.6) is 0 Å². The minimum absolute atomic E-state index is 0.0372. The molecule has 1 N–H and O–H groups in total. The Hall–Kier alpha value is -3.25. The molecule has 6 heteroatoms. The molecule has 0 unspecified atom stereocenters. The van der Waals surface area contributed by atoms with Crippen LogP contribution in [0.4, 0.5) is 5.69 Å². The Morgan fingerprint density at radius 1 is 0.842 bits per heavy atom. The van der Waals surface area contributed by atoms with Crippen molar-refractivity contribution in [2.75, 3.05) is 62.3 Å². The Kier molecular flexibility index (Phi) is 8.38. The van der Waals surface area contributed by atoms with Crippen molar-refractivity contribution >= 4 is 11.6 Å². The van der Waals surface area contributed by atoms with Crippen molar-refractivity contribution in [1.29, 1.82) is 0 Å². The Labute approximate surface area is 228 Å². The Morgan fingerprint density at radius 2 is 1.58 bits per heavy atom. The largest absolute Gasteiger partial charge is 0.369 e. The number of amides is 1. The highest BCUT2D eigenvalue weighted by atomic mass is 16.1. The van der Waals surface area contributed by atoms with E-state index in [0.717, 1.165) is 74.7 Å². The molecule has 5 rings (SSSR count). The summed E-state index contributed by atoms with van der Waals surface area (Å²) in [6, 6.07) is 19.1. The monoisotopic (exact) mass is 513 g/mol. The molecule has 6 nitrogen and oxygen atoms in total. The highest BCUT2D eigenvalue weighted by molar-refractivity contribution is 5.97. The van der Waals surface area contributed by atoms with Crippen LogP contribution in [-0.2, 0) is 0 Å². The van der Waals surface area contributed by atoms with Crippen molar-refractivity contribution < 1.29 is 4.79 Å². The number of hydrogen-bond acceptors (Lipinski definition) is 4. The van der Waals surface area contributed by atoms with Gasteiger partial charge in [-0.05, 0) is 76.3 Å². The van der Waals surface area contributed by atoms with Crippen molar-refractivity contribution in [3.63, 3.8) is 0 Å². The molecule has 0 aliphatic carbocycles. The standard InChI is InChI=1S/C32H43N5O/c1-25-12-10-15-30(26(25)2)35-22-20-34(21-23-35)17-11-16-33-32(38)29-24-31(28-13-6-4-7-14-28)37(27(29)3)36-18-8-5-9-19-36/h4,6-7,10,12-15,24H,5,8-9,11,16-23H2,1-3H3,(H,33,38). The molecular weight excluding hydrogens is 470 g/mol. The fourth-order valence-electron chi connectivity index (χ4n) is 5.97. The lowest BCUT2D eigenvalue weighted by Gasteiger charge is -2.37. The van der Waals surface area contributed by atoms with E-state index >= 15 is 0 Å². The van der Waals surface area contributed by atoms with E-state index in [0.29, 0.717) is 6.54 Å². The second-order valence-corrected chi connectivity index (χ2v) is 10.9. The van der Waals surface area contributed by atoms with E-state index in [1.807, 2.05) is 6.07 Å². The van der Waals surface area contributed by atoms with Gasteiger partial charge >= 0.3 is 0 Å². The molecule has 2 fully saturated rings. The van der Waals surface area contributed by atoms with Crippen LogP contribution in [0.25, 0.3) is 11.3 Å². The third-order valence-corrected chi connectivity index (χ3v) is 8.37. The van der Waals surface area contributed by atoms with E-state index in [1.165, 1.54) is 36.1 Å². The quantitative estimate of drug-likeness (QED) is 0.424. The summed E-state index contributed by atoms with van der Waals surface area (Å²) in [7, 11) is 0. The second-order valence-electron chi connectivity index (χ2n) is 10.9. The number of rotatable bonds is 8. The summed E-state index contributed by atoms with van der Waals surface area (Å²) in [6.07, 6.45) is 4.65. The Morgan fingerprint density at radius 3 is 2.32 bits per heavy atom. The maximum Gasteiger partial charge on any atom is 0.253 e. The number of piperazine rings is 1. The Balaban J connectivity index is 1.16. The maximum atomic E-state index is 13.3. The summed E-state index contributed by atoms with van der Waals surface area (Å²) in [5.41, 5.74) is 8.21. The van der Waals surface area contributed by atoms with Crippen LogP contribution >= 0.6 is 0 Å². The third kappa shape index (κ3) is 5.75. The van der Waals surface area contributed by atoms with Gasteiger partial charge in [0.25, 0.3) is 5.91 Å². The SMILES string of the molecule is Cc1cccc(N2CCN(CCCNC(=O)c3cc(-c4ccccc4)n(N4CCCCC4)c3C)CC2)c1C. The number of benzene rings is 2. The number of carbonyl (C=O) groups is 1. The van der Waals surface area contributed by atoms with Crippen molar-refractivity contribution in [3.05, 3.63) is 77.0 Å². The topological polar surface area (TPSA) is 43.8 Å². The zero-order valence-electron chi connectivity index (χ0n) is 23.4. The molecule has 2 saturated heterocycles. The van der Waals surface area contributed by atoms with E-state index in [9.17, 15) is 4.79 Å². The van der Waals surface area contributed by atoms with Gasteiger partial charge in [0, 0.05) is 62.8 Å². The molecule has 38 heavy (non-hydrogen) atoms. The average molecular weight is 514 g/mol. The van der Waals surface area contributed by atoms with Gasteiger partial charge in [-0.1, -0.05) is 42.5 Å². The van der Waals surface area contributed by atoms with Crippen LogP contribution < -0.4 is 15.2 Å². The minimum Gasteiger partial charge on any atom is -0.369 e. The fraction of sp³-hybridized carbons (Fsp3) is 0.469. The number of nitrogens with one attached hydrogen (secondary N) is 1. The van der Waals surface area contributed by atoms with Gasteiger partial charge in [0.1, 0.15) is 0 Å². The normalized spacial score (nSPS) is 16.6. The lowest BCUT2D eigenvalue weighted by molar-refractivity contribution is 0.0950. The average Bonchev–Trinajstić information content (AvgIpc) is 3.31. The maximum absolute atomic E-state index is 13.3. The highest BCUT2D eigenvalue weighted by Crippen LogP contribution is 2.28. The molecule has 0 atom stereocenters. The molecule has 1 aromatic heterocycles. The van der Waals surface area contributed by atoms with E-state index in [4.69, 9.17) is 0 Å². The summed E-state index contributed by atoms with van der Waals surface area (Å²) < 4.78 is 2.29. The van der Waals surface area contributed by atoms with Gasteiger partial charge in [-0.2, -0.15) is 0 Å². The molecule has 2 aliphatic heterocycles. The van der Waals surface area contributed by atoms with Gasteiger partial charge in [-0.3, -0.25) is 14.4 Å². The van der Waals surface area contributed by atoms with Gasteiger partial charge < -0.3 is 15.2 Å². The van der Waals surface area contributed by atoms with Crippen LogP contribution in [-0.4, -0.2) is 67.8 Å². The smallest absolute Gasteiger partial charge is 0.253 e. The summed E-state index contributed by atoms with van der Waals surface area (Å²) in [5, 5.41) is 5.63. The molecule has 202 valence electrons. The molecule has 0 saturated carbocycles. The van der Waals surface area contributed by atoms with E-state index in [2.05, 4.69) is 94.1 Å². The zero-order valence-corrected chi connectivity index (χ0v) is 23.4. The lowest BCUT2D eigenvalue weighted by Crippen LogP contribution is -2.47. The summed E-state index contributed by atoms with van der Waals surface area (Å²) >= 11 is 0. The first-order valence-electron chi connectivity index (χ1n) is 14.4. The number of hydrogen-bond donors (Lipinski definition) is 1. The minimum atomic E-state index is 0.0372. The number of piperidine rings is 1. The van der Waals surface area contributed by atoms with Gasteiger partial charge in [0.15, 0.2) is 0 Å². The van der Waals surface area contributed by atoms with E-state index in [1.54, 1.807) is 0 Å². The van der Waals surface area contributed by atoms with Crippen molar-refractivity contribution in [1.82, 2.24) is 14.9 Å².